The van der Waals surface area contributed by atoms with E-state index < -0.39 is 60.8 Å². The summed E-state index contributed by atoms with van der Waals surface area (Å²) < 4.78 is 42.0. The van der Waals surface area contributed by atoms with Crippen LogP contribution in [0.5, 0.6) is 0 Å². The quantitative estimate of drug-likeness (QED) is 0.162. The highest BCUT2D eigenvalue weighted by Gasteiger charge is 2.85. The van der Waals surface area contributed by atoms with Gasteiger partial charge in [0.15, 0.2) is 6.29 Å². The Balaban J connectivity index is 1.02. The number of hydrogen-bond donors (Lipinski definition) is 4. The van der Waals surface area contributed by atoms with Crippen molar-refractivity contribution >= 4 is 11.9 Å². The molecule has 2 bridgehead atoms. The molecule has 13 atom stereocenters. The molecule has 7 rings (SSSR count). The number of fused-ring (bicyclic) bond motifs is 5. The summed E-state index contributed by atoms with van der Waals surface area (Å²) in [7, 11) is 0. The van der Waals surface area contributed by atoms with Gasteiger partial charge in [-0.25, -0.2) is 4.79 Å². The second-order valence-electron chi connectivity index (χ2n) is 13.7. The van der Waals surface area contributed by atoms with E-state index in [1.165, 1.54) is 0 Å². The van der Waals surface area contributed by atoms with Gasteiger partial charge in [-0.1, -0.05) is 20.8 Å². The van der Waals surface area contributed by atoms with Crippen LogP contribution in [-0.4, -0.2) is 119 Å². The smallest absolute Gasteiger partial charge is 0.334 e. The lowest BCUT2D eigenvalue weighted by molar-refractivity contribution is -0.301. The molecule has 0 aromatic rings. The molecule has 1 aliphatic carbocycles. The minimum absolute atomic E-state index is 0.0135. The lowest BCUT2D eigenvalue weighted by atomic mass is 9.57. The average molecular weight is 611 g/mol. The van der Waals surface area contributed by atoms with Crippen LogP contribution in [0.15, 0.2) is 11.1 Å². The minimum atomic E-state index is -1.54. The van der Waals surface area contributed by atoms with Gasteiger partial charge in [-0.05, 0) is 43.1 Å². The molecule has 7 aliphatic rings. The first-order valence-electron chi connectivity index (χ1n) is 15.5. The third kappa shape index (κ3) is 4.38. The summed E-state index contributed by atoms with van der Waals surface area (Å²) in [5.41, 5.74) is 0.841. The Morgan fingerprint density at radius 2 is 1.86 bits per heavy atom. The van der Waals surface area contributed by atoms with Gasteiger partial charge < -0.3 is 53.6 Å². The number of hydrogen-bond acceptors (Lipinski definition) is 13. The summed E-state index contributed by atoms with van der Waals surface area (Å²) in [6.07, 6.45) is -5.46. The number of carbonyl (C=O) groups is 2. The van der Waals surface area contributed by atoms with E-state index >= 15 is 0 Å². The van der Waals surface area contributed by atoms with Gasteiger partial charge in [0.2, 0.25) is 5.79 Å². The second kappa shape index (κ2) is 10.4. The fraction of sp³-hybridized carbons (Fsp3) is 0.867. The molecule has 4 N–H and O–H groups in total. The number of epoxide rings is 2. The van der Waals surface area contributed by atoms with Gasteiger partial charge in [0.05, 0.1) is 19.3 Å². The molecule has 5 saturated heterocycles. The number of cyclic esters (lactones) is 1. The third-order valence-corrected chi connectivity index (χ3v) is 11.1. The fourth-order valence-corrected chi connectivity index (χ4v) is 8.57. The molecular formula is C30H42O13. The predicted molar refractivity (Wildman–Crippen MR) is 142 cm³/mol. The molecule has 0 saturated carbocycles. The summed E-state index contributed by atoms with van der Waals surface area (Å²) in [6.45, 7) is 6.09. The van der Waals surface area contributed by atoms with Crippen molar-refractivity contribution in [3.8, 4) is 0 Å². The van der Waals surface area contributed by atoms with Crippen molar-refractivity contribution in [2.75, 3.05) is 19.8 Å². The minimum Gasteiger partial charge on any atom is -0.459 e. The van der Waals surface area contributed by atoms with Crippen molar-refractivity contribution in [1.29, 1.82) is 0 Å². The van der Waals surface area contributed by atoms with E-state index in [0.29, 0.717) is 25.9 Å². The topological polar surface area (TPSA) is 186 Å². The van der Waals surface area contributed by atoms with Crippen molar-refractivity contribution in [3.63, 3.8) is 0 Å². The number of carbonyl (C=O) groups excluding carboxylic acids is 2. The van der Waals surface area contributed by atoms with Crippen LogP contribution in [0, 0.1) is 17.3 Å². The van der Waals surface area contributed by atoms with Crippen molar-refractivity contribution in [3.05, 3.63) is 11.1 Å². The molecule has 0 amide bonds. The van der Waals surface area contributed by atoms with Gasteiger partial charge in [-0.2, -0.15) is 0 Å². The Bertz CT molecular complexity index is 1190. The highest BCUT2D eigenvalue weighted by Crippen LogP contribution is 2.71. The maximum absolute atomic E-state index is 13.1. The Labute approximate surface area is 249 Å². The predicted octanol–water partition coefficient (Wildman–Crippen LogP) is -0.154. The van der Waals surface area contributed by atoms with Crippen LogP contribution in [0.1, 0.15) is 59.3 Å². The van der Waals surface area contributed by atoms with Crippen LogP contribution >= 0.6 is 0 Å². The zero-order valence-electron chi connectivity index (χ0n) is 24.7. The zero-order chi connectivity index (χ0) is 30.5. The van der Waals surface area contributed by atoms with Crippen LogP contribution in [0.4, 0.5) is 0 Å². The lowest BCUT2D eigenvalue weighted by Crippen LogP contribution is -2.59. The van der Waals surface area contributed by atoms with E-state index in [1.807, 2.05) is 0 Å². The van der Waals surface area contributed by atoms with E-state index in [0.717, 1.165) is 17.6 Å². The Kier molecular flexibility index (Phi) is 7.27. The number of esters is 2. The fourth-order valence-electron chi connectivity index (χ4n) is 8.57. The molecule has 6 heterocycles. The van der Waals surface area contributed by atoms with Crippen LogP contribution in [-0.2, 0) is 42.7 Å². The number of aliphatic hydroxyl groups excluding tert-OH is 4. The van der Waals surface area contributed by atoms with Gasteiger partial charge >= 0.3 is 11.9 Å². The van der Waals surface area contributed by atoms with E-state index in [-0.39, 0.29) is 61.0 Å². The summed E-state index contributed by atoms with van der Waals surface area (Å²) in [6, 6.07) is 0. The number of aliphatic hydroxyl groups is 4. The van der Waals surface area contributed by atoms with Crippen molar-refractivity contribution in [2.45, 2.75) is 126 Å². The number of ether oxygens (including phenoxy) is 7. The normalized spacial score (nSPS) is 49.6. The molecule has 0 radical (unpaired) electrons. The molecule has 13 nitrogen and oxygen atoms in total. The van der Waals surface area contributed by atoms with Gasteiger partial charge in [0.1, 0.15) is 54.9 Å². The van der Waals surface area contributed by atoms with Crippen molar-refractivity contribution < 1.29 is 63.2 Å². The summed E-state index contributed by atoms with van der Waals surface area (Å²) in [4.78, 5) is 25.5. The first-order valence-corrected chi connectivity index (χ1v) is 15.5. The molecule has 6 aliphatic heterocycles. The van der Waals surface area contributed by atoms with Crippen LogP contribution in [0.3, 0.4) is 0 Å². The van der Waals surface area contributed by atoms with Crippen LogP contribution in [0.25, 0.3) is 0 Å². The third-order valence-electron chi connectivity index (χ3n) is 11.1. The second-order valence-corrected chi connectivity index (χ2v) is 13.7. The first kappa shape index (κ1) is 30.0. The lowest BCUT2D eigenvalue weighted by Gasteiger charge is -2.52. The first-order chi connectivity index (χ1) is 20.5. The van der Waals surface area contributed by atoms with Crippen molar-refractivity contribution in [1.82, 2.24) is 0 Å². The molecular weight excluding hydrogens is 568 g/mol. The maximum Gasteiger partial charge on any atom is 0.334 e. The molecule has 0 aromatic heterocycles. The average Bonchev–Trinajstić information content (AvgIpc) is 3.85. The molecule has 13 heteroatoms. The van der Waals surface area contributed by atoms with Gasteiger partial charge in [0, 0.05) is 23.8 Å². The van der Waals surface area contributed by atoms with Gasteiger partial charge in [-0.15, -0.1) is 0 Å². The maximum atomic E-state index is 13.1. The van der Waals surface area contributed by atoms with Crippen LogP contribution < -0.4 is 0 Å². The van der Waals surface area contributed by atoms with E-state index in [1.54, 1.807) is 0 Å². The Morgan fingerprint density at radius 3 is 2.60 bits per heavy atom. The molecule has 3 unspecified atom stereocenters. The molecule has 1 spiro atoms. The van der Waals surface area contributed by atoms with Crippen molar-refractivity contribution in [2.24, 2.45) is 17.3 Å². The largest absolute Gasteiger partial charge is 0.459 e. The number of rotatable bonds is 8. The monoisotopic (exact) mass is 610 g/mol. The van der Waals surface area contributed by atoms with E-state index in [9.17, 15) is 30.0 Å². The Morgan fingerprint density at radius 1 is 1.07 bits per heavy atom. The Hall–Kier alpha value is -1.68. The summed E-state index contributed by atoms with van der Waals surface area (Å²) in [5.74, 6) is -1.34. The zero-order valence-corrected chi connectivity index (χ0v) is 24.7. The van der Waals surface area contributed by atoms with Crippen LogP contribution in [0.2, 0.25) is 0 Å². The van der Waals surface area contributed by atoms with E-state index in [2.05, 4.69) is 20.8 Å². The molecule has 5 fully saturated rings. The van der Waals surface area contributed by atoms with Gasteiger partial charge in [-0.3, -0.25) is 4.79 Å². The van der Waals surface area contributed by atoms with Gasteiger partial charge in [0.25, 0.3) is 0 Å². The summed E-state index contributed by atoms with van der Waals surface area (Å²) >= 11 is 0. The van der Waals surface area contributed by atoms with E-state index in [4.69, 9.17) is 33.2 Å². The molecule has 0 aromatic carbocycles. The molecule has 43 heavy (non-hydrogen) atoms. The highest BCUT2D eigenvalue weighted by molar-refractivity contribution is 5.92. The molecule has 240 valence electrons. The summed E-state index contributed by atoms with van der Waals surface area (Å²) in [5, 5.41) is 39.4. The highest BCUT2D eigenvalue weighted by atomic mass is 16.8. The SMILES string of the molecule is CC(C)[C@]12O[C@H]1[C@@H]1O[C@]13O[C@H](C[C@@H]2OC(=O)CCCO[C@@H]1OC(CO)[C@@H](O)C(O)C1O)C[C@H]1C2=C(CC[C@@]13C)C(=O)OC2. The standard InChI is InChI=1S/C30H42O13/c1-13(2)29-19(40-20(32)5-4-8-37-27-23(35)22(34)21(33)18(11-31)39-27)10-14-9-17-16-12-38-26(36)15(16)6-7-28(17,3)30(41-14)25(43-30)24(29)42-29/h13-14,17-19,21-25,27,31,33-35H,4-12H2,1-3H3/t14-,17-,18?,19-,21+,22?,23?,24-,25-,27+,28-,29+,30+/m0/s1.